The predicted molar refractivity (Wildman–Crippen MR) is 225 cm³/mol. The molecule has 6 aromatic rings. The Hall–Kier alpha value is -5.87. The van der Waals surface area contributed by atoms with E-state index in [1.54, 1.807) is 12.1 Å². The third kappa shape index (κ3) is 9.40. The number of amides is 2. The van der Waals surface area contributed by atoms with Gasteiger partial charge in [0.15, 0.2) is 5.13 Å². The summed E-state index contributed by atoms with van der Waals surface area (Å²) in [7, 11) is -0.440. The molecule has 0 unspecified atom stereocenters. The fourth-order valence-corrected chi connectivity index (χ4v) is 8.68. The molecule has 0 spiro atoms. The molecule has 0 aliphatic carbocycles. The van der Waals surface area contributed by atoms with Crippen molar-refractivity contribution in [2.75, 3.05) is 54.7 Å². The minimum Gasteiger partial charge on any atom is -0.383 e. The summed E-state index contributed by atoms with van der Waals surface area (Å²) in [5.74, 6) is -0.669. The van der Waals surface area contributed by atoms with Crippen molar-refractivity contribution in [3.63, 3.8) is 0 Å². The summed E-state index contributed by atoms with van der Waals surface area (Å²) in [6.07, 6.45) is 2.50. The third-order valence-electron chi connectivity index (χ3n) is 9.81. The molecule has 15 heteroatoms. The van der Waals surface area contributed by atoms with Crippen molar-refractivity contribution >= 4 is 65.7 Å². The van der Waals surface area contributed by atoms with E-state index in [-0.39, 0.29) is 22.2 Å². The van der Waals surface area contributed by atoms with Gasteiger partial charge in [-0.2, -0.15) is 0 Å². The van der Waals surface area contributed by atoms with Gasteiger partial charge in [0.1, 0.15) is 11.5 Å². The highest BCUT2D eigenvalue weighted by atomic mass is 32.2. The number of benzene rings is 4. The fourth-order valence-electron chi connectivity index (χ4n) is 6.84. The molecule has 57 heavy (non-hydrogen) atoms. The number of carbonyl (C=O) groups is 2. The second kappa shape index (κ2) is 17.5. The minimum atomic E-state index is -4.39. The van der Waals surface area contributed by atoms with Crippen LogP contribution < -0.4 is 25.7 Å². The molecule has 0 saturated heterocycles. The molecule has 2 aromatic heterocycles. The number of anilines is 4. The molecule has 1 aliphatic rings. The van der Waals surface area contributed by atoms with Crippen molar-refractivity contribution in [1.29, 1.82) is 0 Å². The van der Waals surface area contributed by atoms with Crippen molar-refractivity contribution < 1.29 is 23.2 Å². The molecule has 5 N–H and O–H groups in total. The zero-order valence-electron chi connectivity index (χ0n) is 31.7. The number of sulfonamides is 1. The first-order valence-corrected chi connectivity index (χ1v) is 20.9. The maximum absolute atomic E-state index is 14.0. The second-order valence-electron chi connectivity index (χ2n) is 14.1. The molecular weight excluding hydrogens is 761 g/mol. The standard InChI is InChI=1S/C42H44N8O5S2/c1-49(2)24-9-23-43-34-20-19-31(26-36(34)47-53)57(54,55)48-41(52)39-30(17-16-28-10-4-3-5-11-28)18-21-38(45-39)50-25-22-29-12-8-13-32(33(29)27-50)40(51)46-42-44-35-14-6-7-15-37(35)56-42/h3-8,10-15,18-21,26,43,47,53H,9,16-17,22-25,27H2,1-2H3,(H,48,52)(H,44,46,51). The van der Waals surface area contributed by atoms with Crippen molar-refractivity contribution in [2.24, 2.45) is 0 Å². The van der Waals surface area contributed by atoms with Gasteiger partial charge in [-0.25, -0.2) is 23.1 Å². The van der Waals surface area contributed by atoms with Crippen LogP contribution in [0, 0.1) is 0 Å². The lowest BCUT2D eigenvalue weighted by Crippen LogP contribution is -2.35. The third-order valence-corrected chi connectivity index (χ3v) is 12.1. The van der Waals surface area contributed by atoms with E-state index < -0.39 is 15.9 Å². The van der Waals surface area contributed by atoms with Crippen LogP contribution in [0.5, 0.6) is 0 Å². The number of fused-ring (bicyclic) bond motifs is 2. The zero-order chi connectivity index (χ0) is 39.9. The number of rotatable bonds is 15. The van der Waals surface area contributed by atoms with Gasteiger partial charge in [-0.1, -0.05) is 72.0 Å². The van der Waals surface area contributed by atoms with Crippen LogP contribution in [0.1, 0.15) is 49.5 Å². The summed E-state index contributed by atoms with van der Waals surface area (Å²) in [6.45, 7) is 2.37. The van der Waals surface area contributed by atoms with Crippen LogP contribution in [0.4, 0.5) is 22.3 Å². The molecule has 0 atom stereocenters. The number of carbonyl (C=O) groups excluding carboxylic acids is 2. The normalized spacial score (nSPS) is 12.7. The van der Waals surface area contributed by atoms with Crippen LogP contribution in [0.15, 0.2) is 108 Å². The predicted octanol–water partition coefficient (Wildman–Crippen LogP) is 6.57. The lowest BCUT2D eigenvalue weighted by molar-refractivity contribution is 0.0974. The Balaban J connectivity index is 1.13. The smallest absolute Gasteiger partial charge is 0.283 e. The molecule has 4 aromatic carbocycles. The number of hydrogen-bond acceptors (Lipinski definition) is 12. The van der Waals surface area contributed by atoms with Crippen LogP contribution in [0.2, 0.25) is 0 Å². The van der Waals surface area contributed by atoms with Crippen molar-refractivity contribution in [1.82, 2.24) is 19.6 Å². The van der Waals surface area contributed by atoms with E-state index in [2.05, 4.69) is 30.7 Å². The summed E-state index contributed by atoms with van der Waals surface area (Å²) in [5.41, 5.74) is 7.57. The van der Waals surface area contributed by atoms with E-state index >= 15 is 0 Å². The Morgan fingerprint density at radius 3 is 2.47 bits per heavy atom. The van der Waals surface area contributed by atoms with Crippen LogP contribution >= 0.6 is 11.3 Å². The lowest BCUT2D eigenvalue weighted by Gasteiger charge is -2.31. The molecule has 0 bridgehead atoms. The molecule has 3 heterocycles. The van der Waals surface area contributed by atoms with Gasteiger partial charge >= 0.3 is 0 Å². The molecule has 13 nitrogen and oxygen atoms in total. The number of para-hydroxylation sites is 1. The highest BCUT2D eigenvalue weighted by Crippen LogP contribution is 2.30. The summed E-state index contributed by atoms with van der Waals surface area (Å²) >= 11 is 1.41. The highest BCUT2D eigenvalue weighted by molar-refractivity contribution is 7.90. The minimum absolute atomic E-state index is 0.0145. The number of aromatic nitrogens is 2. The largest absolute Gasteiger partial charge is 0.383 e. The molecule has 1 aliphatic heterocycles. The van der Waals surface area contributed by atoms with Crippen molar-refractivity contribution in [2.45, 2.75) is 37.1 Å². The Bertz CT molecular complexity index is 2480. The van der Waals surface area contributed by atoms with Gasteiger partial charge in [0, 0.05) is 25.2 Å². The maximum Gasteiger partial charge on any atom is 0.283 e. The van der Waals surface area contributed by atoms with Crippen LogP contribution in [-0.2, 0) is 35.8 Å². The Labute approximate surface area is 335 Å². The first-order valence-electron chi connectivity index (χ1n) is 18.6. The monoisotopic (exact) mass is 804 g/mol. The van der Waals surface area contributed by atoms with Crippen LogP contribution in [0.3, 0.4) is 0 Å². The van der Waals surface area contributed by atoms with Gasteiger partial charge in [0.25, 0.3) is 21.8 Å². The average Bonchev–Trinajstić information content (AvgIpc) is 3.63. The number of hydrogen-bond donors (Lipinski definition) is 5. The quantitative estimate of drug-likeness (QED) is 0.0562. The van der Waals surface area contributed by atoms with E-state index in [0.717, 1.165) is 39.9 Å². The van der Waals surface area contributed by atoms with Gasteiger partial charge in [0.2, 0.25) is 0 Å². The number of nitrogens with one attached hydrogen (secondary N) is 4. The van der Waals surface area contributed by atoms with E-state index in [9.17, 15) is 23.2 Å². The van der Waals surface area contributed by atoms with E-state index in [0.29, 0.717) is 66.7 Å². The lowest BCUT2D eigenvalue weighted by atomic mass is 9.94. The van der Waals surface area contributed by atoms with Gasteiger partial charge in [-0.15, -0.1) is 0 Å². The SMILES string of the molecule is CN(C)CCCNc1ccc(S(=O)(=O)NC(=O)c2nc(N3CCc4cccc(C(=O)Nc5nc6ccccc6s5)c4C3)ccc2CCc2ccccc2)cc1NO. The first-order chi connectivity index (χ1) is 27.6. The van der Waals surface area contributed by atoms with E-state index in [1.165, 1.54) is 23.5 Å². The number of nitrogens with zero attached hydrogens (tertiary/aromatic N) is 4. The average molecular weight is 805 g/mol. The maximum atomic E-state index is 14.0. The molecule has 2 amide bonds. The summed E-state index contributed by atoms with van der Waals surface area (Å²) in [4.78, 5) is 40.9. The summed E-state index contributed by atoms with van der Waals surface area (Å²) in [5, 5.41) is 16.5. The van der Waals surface area contributed by atoms with Crippen molar-refractivity contribution in [3.05, 3.63) is 137 Å². The number of pyridine rings is 1. The van der Waals surface area contributed by atoms with E-state index in [1.807, 2.05) is 97.9 Å². The molecule has 0 saturated carbocycles. The summed E-state index contributed by atoms with van der Waals surface area (Å²) < 4.78 is 30.6. The first kappa shape index (κ1) is 39.4. The van der Waals surface area contributed by atoms with Gasteiger partial charge < -0.3 is 15.1 Å². The Kier molecular flexibility index (Phi) is 12.1. The number of thiazole rings is 1. The van der Waals surface area contributed by atoms with Crippen molar-refractivity contribution in [3.8, 4) is 0 Å². The van der Waals surface area contributed by atoms with E-state index in [4.69, 9.17) is 4.98 Å². The molecule has 0 radical (unpaired) electrons. The van der Waals surface area contributed by atoms with Crippen LogP contribution in [0.25, 0.3) is 10.2 Å². The highest BCUT2D eigenvalue weighted by Gasteiger charge is 2.27. The van der Waals surface area contributed by atoms with Gasteiger partial charge in [-0.05, 0) is 111 Å². The van der Waals surface area contributed by atoms with Gasteiger partial charge in [-0.3, -0.25) is 25.6 Å². The molecule has 7 rings (SSSR count). The Morgan fingerprint density at radius 1 is 0.877 bits per heavy atom. The zero-order valence-corrected chi connectivity index (χ0v) is 33.3. The molecule has 294 valence electrons. The van der Waals surface area contributed by atoms with Gasteiger partial charge in [0.05, 0.1) is 26.5 Å². The summed E-state index contributed by atoms with van der Waals surface area (Å²) in [6, 6.07) is 31.0. The van der Waals surface area contributed by atoms with Crippen LogP contribution in [-0.4, -0.2) is 74.0 Å². The Morgan fingerprint density at radius 2 is 1.68 bits per heavy atom. The topological polar surface area (TPSA) is 169 Å². The second-order valence-corrected chi connectivity index (χ2v) is 16.8. The number of aryl methyl sites for hydroxylation is 2. The molecule has 0 fully saturated rings. The molecular formula is C42H44N8O5S2. The fraction of sp³-hybridized carbons (Fsp3) is 0.238.